The van der Waals surface area contributed by atoms with Crippen LogP contribution in [0.5, 0.6) is 0 Å². The summed E-state index contributed by atoms with van der Waals surface area (Å²) in [5.74, 6) is 0.109. The van der Waals surface area contributed by atoms with E-state index in [-0.39, 0.29) is 30.3 Å². The van der Waals surface area contributed by atoms with Gasteiger partial charge < -0.3 is 14.6 Å². The van der Waals surface area contributed by atoms with Crippen LogP contribution in [0.2, 0.25) is 5.02 Å². The maximum atomic E-state index is 13.5. The lowest BCUT2D eigenvalue weighted by Crippen LogP contribution is -2.49. The molecule has 1 N–H and O–H groups in total. The van der Waals surface area contributed by atoms with Gasteiger partial charge in [-0.1, -0.05) is 49.6 Å². The molecule has 0 saturated heterocycles. The van der Waals surface area contributed by atoms with Crippen molar-refractivity contribution in [1.29, 1.82) is 0 Å². The van der Waals surface area contributed by atoms with Crippen molar-refractivity contribution in [3.05, 3.63) is 59.0 Å². The summed E-state index contributed by atoms with van der Waals surface area (Å²) in [5.41, 5.74) is 0.570. The lowest BCUT2D eigenvalue weighted by molar-refractivity contribution is -0.140. The topological polar surface area (TPSA) is 62.6 Å². The summed E-state index contributed by atoms with van der Waals surface area (Å²) >= 11 is 12.3. The molecule has 2 aromatic rings. The number of hydrogen-bond donors (Lipinski definition) is 1. The molecule has 0 unspecified atom stereocenters. The number of nitrogens with zero attached hydrogens (tertiary/aromatic N) is 1. The van der Waals surface area contributed by atoms with Gasteiger partial charge in [-0.2, -0.15) is 0 Å². The van der Waals surface area contributed by atoms with E-state index in [0.717, 1.165) is 19.3 Å². The number of alkyl halides is 1. The third-order valence-electron chi connectivity index (χ3n) is 5.54. The highest BCUT2D eigenvalue weighted by molar-refractivity contribution is 6.31. The zero-order chi connectivity index (χ0) is 20.8. The molecule has 2 amide bonds. The Labute approximate surface area is 181 Å². The lowest BCUT2D eigenvalue weighted by Gasteiger charge is -2.35. The number of rotatable bonds is 7. The van der Waals surface area contributed by atoms with Crippen LogP contribution >= 0.6 is 23.2 Å². The molecule has 156 valence electrons. The first-order valence-corrected chi connectivity index (χ1v) is 10.8. The van der Waals surface area contributed by atoms with E-state index in [9.17, 15) is 9.59 Å². The normalized spacial score (nSPS) is 20.1. The Balaban J connectivity index is 1.95. The van der Waals surface area contributed by atoms with Crippen molar-refractivity contribution in [2.24, 2.45) is 5.92 Å². The monoisotopic (exact) mass is 436 g/mol. The summed E-state index contributed by atoms with van der Waals surface area (Å²) in [7, 11) is 0. The summed E-state index contributed by atoms with van der Waals surface area (Å²) in [4.78, 5) is 27.7. The molecule has 3 rings (SSSR count). The van der Waals surface area contributed by atoms with Crippen LogP contribution in [0, 0.1) is 5.92 Å². The van der Waals surface area contributed by atoms with E-state index in [1.165, 1.54) is 17.6 Å². The molecule has 1 aromatic carbocycles. The fourth-order valence-electron chi connectivity index (χ4n) is 3.91. The third kappa shape index (κ3) is 5.34. The molecular formula is C22H26Cl2N2O3. The molecule has 1 aliphatic carbocycles. The maximum Gasteiger partial charge on any atom is 0.247 e. The van der Waals surface area contributed by atoms with Crippen LogP contribution in [0.15, 0.2) is 47.1 Å². The second-order valence-corrected chi connectivity index (χ2v) is 8.21. The van der Waals surface area contributed by atoms with Crippen LogP contribution in [0.1, 0.15) is 50.0 Å². The van der Waals surface area contributed by atoms with Gasteiger partial charge in [-0.15, -0.1) is 11.6 Å². The fourth-order valence-corrected chi connectivity index (χ4v) is 4.30. The largest absolute Gasteiger partial charge is 0.467 e. The molecule has 5 nitrogen and oxygen atoms in total. The van der Waals surface area contributed by atoms with Crippen LogP contribution in [-0.2, 0) is 16.1 Å². The predicted molar refractivity (Wildman–Crippen MR) is 114 cm³/mol. The van der Waals surface area contributed by atoms with E-state index in [1.54, 1.807) is 36.4 Å². The average Bonchev–Trinajstić information content (AvgIpc) is 3.23. The van der Waals surface area contributed by atoms with Gasteiger partial charge in [0.25, 0.3) is 0 Å². The first-order chi connectivity index (χ1) is 14.0. The second-order valence-electron chi connectivity index (χ2n) is 7.54. The van der Waals surface area contributed by atoms with E-state index in [2.05, 4.69) is 12.2 Å². The van der Waals surface area contributed by atoms with Crippen molar-refractivity contribution in [2.45, 2.75) is 51.2 Å². The molecule has 0 bridgehead atoms. The molecular weight excluding hydrogens is 411 g/mol. The molecule has 0 radical (unpaired) electrons. The van der Waals surface area contributed by atoms with Gasteiger partial charge in [0.05, 0.1) is 12.8 Å². The van der Waals surface area contributed by atoms with Gasteiger partial charge >= 0.3 is 0 Å². The highest BCUT2D eigenvalue weighted by atomic mass is 35.5. The van der Waals surface area contributed by atoms with Crippen molar-refractivity contribution < 1.29 is 14.0 Å². The maximum absolute atomic E-state index is 13.5. The Kier molecular flexibility index (Phi) is 7.62. The summed E-state index contributed by atoms with van der Waals surface area (Å²) in [6, 6.07) is 9.79. The number of halogens is 2. The van der Waals surface area contributed by atoms with E-state index in [0.29, 0.717) is 22.3 Å². The number of benzene rings is 1. The first-order valence-electron chi connectivity index (χ1n) is 9.94. The van der Waals surface area contributed by atoms with Gasteiger partial charge in [0.15, 0.2) is 0 Å². The molecule has 29 heavy (non-hydrogen) atoms. The lowest BCUT2D eigenvalue weighted by atomic mass is 9.85. The van der Waals surface area contributed by atoms with E-state index >= 15 is 0 Å². The van der Waals surface area contributed by atoms with Crippen molar-refractivity contribution in [3.63, 3.8) is 0 Å². The Morgan fingerprint density at radius 1 is 1.21 bits per heavy atom. The van der Waals surface area contributed by atoms with E-state index in [4.69, 9.17) is 27.6 Å². The third-order valence-corrected chi connectivity index (χ3v) is 6.11. The minimum atomic E-state index is -0.894. The molecule has 0 spiro atoms. The number of amides is 2. The van der Waals surface area contributed by atoms with E-state index < -0.39 is 6.04 Å². The zero-order valence-electron chi connectivity index (χ0n) is 16.4. The highest BCUT2D eigenvalue weighted by Crippen LogP contribution is 2.31. The fraction of sp³-hybridized carbons (Fsp3) is 0.455. The Bertz CT molecular complexity index is 825. The van der Waals surface area contributed by atoms with Gasteiger partial charge in [-0.25, -0.2) is 0 Å². The van der Waals surface area contributed by atoms with Crippen LogP contribution < -0.4 is 5.32 Å². The molecule has 1 fully saturated rings. The molecule has 7 heteroatoms. The minimum absolute atomic E-state index is 0.0813. The van der Waals surface area contributed by atoms with Crippen LogP contribution in [0.3, 0.4) is 0 Å². The minimum Gasteiger partial charge on any atom is -0.467 e. The molecule has 1 aromatic heterocycles. The molecule has 1 saturated carbocycles. The summed E-state index contributed by atoms with van der Waals surface area (Å²) in [6.07, 6.45) is 5.81. The first kappa shape index (κ1) is 21.7. The van der Waals surface area contributed by atoms with Crippen molar-refractivity contribution in [2.75, 3.05) is 5.88 Å². The number of carbonyl (C=O) groups excluding carboxylic acids is 2. The Morgan fingerprint density at radius 3 is 2.62 bits per heavy atom. The number of furan rings is 1. The number of carbonyl (C=O) groups is 2. The van der Waals surface area contributed by atoms with Crippen molar-refractivity contribution in [3.8, 4) is 0 Å². The second kappa shape index (κ2) is 10.2. The van der Waals surface area contributed by atoms with Gasteiger partial charge in [-0.05, 0) is 37.0 Å². The van der Waals surface area contributed by atoms with Gasteiger partial charge in [0, 0.05) is 16.6 Å². The smallest absolute Gasteiger partial charge is 0.247 e. The SMILES string of the molecule is C[C@@H]1CCCC[C@H]1NC(=O)[C@H](c1ccccc1Cl)N(Cc1ccco1)C(=O)CCl. The van der Waals surface area contributed by atoms with Gasteiger partial charge in [0.2, 0.25) is 11.8 Å². The average molecular weight is 437 g/mol. The van der Waals surface area contributed by atoms with Crippen LogP contribution in [0.25, 0.3) is 0 Å². The number of nitrogens with one attached hydrogen (secondary N) is 1. The Hall–Kier alpha value is -1.98. The molecule has 0 aliphatic heterocycles. The standard InChI is InChI=1S/C22H26Cl2N2O3/c1-15-7-2-5-11-19(15)25-22(28)21(17-9-3-4-10-18(17)24)26(20(27)13-23)14-16-8-6-12-29-16/h3-4,6,8-10,12,15,19,21H,2,5,7,11,13-14H2,1H3,(H,25,28)/t15-,19-,21+/m1/s1. The summed E-state index contributed by atoms with van der Waals surface area (Å²) in [6.45, 7) is 2.28. The van der Waals surface area contributed by atoms with Crippen LogP contribution in [0.4, 0.5) is 0 Å². The summed E-state index contributed by atoms with van der Waals surface area (Å²) < 4.78 is 5.42. The van der Waals surface area contributed by atoms with Crippen molar-refractivity contribution >= 4 is 35.0 Å². The molecule has 3 atom stereocenters. The van der Waals surface area contributed by atoms with Gasteiger partial charge in [0.1, 0.15) is 17.7 Å². The van der Waals surface area contributed by atoms with Crippen molar-refractivity contribution in [1.82, 2.24) is 10.2 Å². The van der Waals surface area contributed by atoms with Gasteiger partial charge in [-0.3, -0.25) is 9.59 Å². The predicted octanol–water partition coefficient (Wildman–Crippen LogP) is 4.94. The molecule has 1 heterocycles. The molecule has 1 aliphatic rings. The van der Waals surface area contributed by atoms with Crippen LogP contribution in [-0.4, -0.2) is 28.6 Å². The highest BCUT2D eigenvalue weighted by Gasteiger charge is 2.35. The zero-order valence-corrected chi connectivity index (χ0v) is 18.0. The summed E-state index contributed by atoms with van der Waals surface area (Å²) in [5, 5.41) is 3.60. The quantitative estimate of drug-likeness (QED) is 0.625. The number of hydrogen-bond acceptors (Lipinski definition) is 3. The van der Waals surface area contributed by atoms with E-state index in [1.807, 2.05) is 0 Å². The Morgan fingerprint density at radius 2 is 1.97 bits per heavy atom.